The minimum Gasteiger partial charge on any atom is -0.398 e. The van der Waals surface area contributed by atoms with Gasteiger partial charge in [-0.2, -0.15) is 0 Å². The van der Waals surface area contributed by atoms with Crippen molar-refractivity contribution in [3.8, 4) is 0 Å². The first-order valence-corrected chi connectivity index (χ1v) is 8.01. The molecule has 1 aliphatic rings. The van der Waals surface area contributed by atoms with Gasteiger partial charge in [0.25, 0.3) is 0 Å². The van der Waals surface area contributed by atoms with Gasteiger partial charge in [0.2, 0.25) is 10.0 Å². The molecule has 0 bridgehead atoms. The summed E-state index contributed by atoms with van der Waals surface area (Å²) >= 11 is 5.76. The second-order valence-corrected chi connectivity index (χ2v) is 6.98. The van der Waals surface area contributed by atoms with Crippen LogP contribution in [0.3, 0.4) is 0 Å². The molecule has 1 fully saturated rings. The number of nitrogens with one attached hydrogen (secondary N) is 1. The summed E-state index contributed by atoms with van der Waals surface area (Å²) in [6.07, 6.45) is 2.11. The van der Waals surface area contributed by atoms with Gasteiger partial charge in [-0.1, -0.05) is 11.6 Å². The molecule has 1 heterocycles. The van der Waals surface area contributed by atoms with Gasteiger partial charge >= 0.3 is 0 Å². The van der Waals surface area contributed by atoms with Gasteiger partial charge in [0, 0.05) is 17.6 Å². The van der Waals surface area contributed by atoms with E-state index in [1.54, 1.807) is 0 Å². The lowest BCUT2D eigenvalue weighted by Crippen LogP contribution is -2.38. The van der Waals surface area contributed by atoms with Crippen molar-refractivity contribution in [3.63, 3.8) is 0 Å². The monoisotopic (exact) mass is 303 g/mol. The third-order valence-electron chi connectivity index (χ3n) is 3.44. The van der Waals surface area contributed by atoms with Gasteiger partial charge in [0.15, 0.2) is 0 Å². The molecule has 0 saturated carbocycles. The fourth-order valence-corrected chi connectivity index (χ4v) is 3.65. The number of nitrogen functional groups attached to an aromatic ring is 1. The fraction of sp³-hybridized carbons (Fsp3) is 0.500. The van der Waals surface area contributed by atoms with Crippen LogP contribution in [0.15, 0.2) is 23.1 Å². The molecular formula is C12H18ClN3O2S. The molecule has 1 unspecified atom stereocenters. The molecule has 0 radical (unpaired) electrons. The van der Waals surface area contributed by atoms with Crippen molar-refractivity contribution in [2.75, 3.05) is 25.9 Å². The standard InChI is InChI=1S/C12H18ClN3O2S/c1-16-6-2-3-10(16)8-15-19(17,18)12-5-4-9(13)7-11(12)14/h4-5,7,10,15H,2-3,6,8,14H2,1H3. The molecule has 3 N–H and O–H groups in total. The lowest BCUT2D eigenvalue weighted by Gasteiger charge is -2.20. The highest BCUT2D eigenvalue weighted by Crippen LogP contribution is 2.22. The first-order chi connectivity index (χ1) is 8.90. The number of sulfonamides is 1. The molecule has 0 amide bonds. The molecule has 1 atom stereocenters. The Kier molecular flexibility index (Phi) is 4.35. The average molecular weight is 304 g/mol. The molecule has 19 heavy (non-hydrogen) atoms. The molecule has 1 aliphatic heterocycles. The highest BCUT2D eigenvalue weighted by Gasteiger charge is 2.24. The number of hydrogen-bond acceptors (Lipinski definition) is 4. The fourth-order valence-electron chi connectivity index (χ4n) is 2.28. The van der Waals surface area contributed by atoms with E-state index in [9.17, 15) is 8.42 Å². The molecule has 2 rings (SSSR count). The van der Waals surface area contributed by atoms with E-state index >= 15 is 0 Å². The molecule has 5 nitrogen and oxygen atoms in total. The predicted octanol–water partition coefficient (Wildman–Crippen LogP) is 1.29. The van der Waals surface area contributed by atoms with Crippen LogP contribution in [-0.2, 0) is 10.0 Å². The van der Waals surface area contributed by atoms with Gasteiger partial charge in [0.05, 0.1) is 5.69 Å². The number of halogens is 1. The third kappa shape index (κ3) is 3.39. The zero-order valence-corrected chi connectivity index (χ0v) is 12.3. The number of likely N-dealkylation sites (N-methyl/N-ethyl adjacent to an activating group) is 1. The Morgan fingerprint density at radius 3 is 2.84 bits per heavy atom. The molecule has 0 spiro atoms. The summed E-state index contributed by atoms with van der Waals surface area (Å²) in [6.45, 7) is 1.41. The average Bonchev–Trinajstić information content (AvgIpc) is 2.72. The van der Waals surface area contributed by atoms with Crippen LogP contribution in [0.1, 0.15) is 12.8 Å². The Morgan fingerprint density at radius 2 is 2.26 bits per heavy atom. The predicted molar refractivity (Wildman–Crippen MR) is 76.7 cm³/mol. The van der Waals surface area contributed by atoms with E-state index in [4.69, 9.17) is 17.3 Å². The minimum atomic E-state index is -3.58. The van der Waals surface area contributed by atoms with Crippen LogP contribution in [0.25, 0.3) is 0 Å². The van der Waals surface area contributed by atoms with E-state index in [1.165, 1.54) is 18.2 Å². The second-order valence-electron chi connectivity index (χ2n) is 4.81. The van der Waals surface area contributed by atoms with Crippen LogP contribution < -0.4 is 10.5 Å². The first kappa shape index (κ1) is 14.6. The number of benzene rings is 1. The van der Waals surface area contributed by atoms with E-state index < -0.39 is 10.0 Å². The highest BCUT2D eigenvalue weighted by molar-refractivity contribution is 7.89. The molecule has 0 aliphatic carbocycles. The maximum absolute atomic E-state index is 12.2. The number of hydrogen-bond donors (Lipinski definition) is 2. The van der Waals surface area contributed by atoms with Crippen molar-refractivity contribution in [1.82, 2.24) is 9.62 Å². The summed E-state index contributed by atoms with van der Waals surface area (Å²) in [4.78, 5) is 2.24. The van der Waals surface area contributed by atoms with Crippen LogP contribution in [0.2, 0.25) is 5.02 Å². The van der Waals surface area contributed by atoms with Crippen LogP contribution in [0.5, 0.6) is 0 Å². The van der Waals surface area contributed by atoms with Gasteiger partial charge < -0.3 is 10.6 Å². The van der Waals surface area contributed by atoms with Crippen LogP contribution in [0.4, 0.5) is 5.69 Å². The van der Waals surface area contributed by atoms with Crippen molar-refractivity contribution in [3.05, 3.63) is 23.2 Å². The Hall–Kier alpha value is -0.820. The number of anilines is 1. The van der Waals surface area contributed by atoms with Crippen LogP contribution in [0, 0.1) is 0 Å². The van der Waals surface area contributed by atoms with E-state index in [2.05, 4.69) is 9.62 Å². The minimum absolute atomic E-state index is 0.0811. The van der Waals surface area contributed by atoms with Crippen molar-refractivity contribution in [2.24, 2.45) is 0 Å². The summed E-state index contributed by atoms with van der Waals surface area (Å²) in [6, 6.07) is 4.65. The van der Waals surface area contributed by atoms with Crippen LogP contribution in [-0.4, -0.2) is 39.5 Å². The van der Waals surface area contributed by atoms with E-state index in [0.29, 0.717) is 11.6 Å². The van der Waals surface area contributed by atoms with Crippen molar-refractivity contribution in [2.45, 2.75) is 23.8 Å². The lowest BCUT2D eigenvalue weighted by molar-refractivity contribution is 0.311. The number of rotatable bonds is 4. The van der Waals surface area contributed by atoms with Gasteiger partial charge in [-0.05, 0) is 44.6 Å². The van der Waals surface area contributed by atoms with Crippen molar-refractivity contribution in [1.29, 1.82) is 0 Å². The zero-order chi connectivity index (χ0) is 14.0. The Balaban J connectivity index is 2.09. The number of nitrogens with two attached hydrogens (primary N) is 1. The zero-order valence-electron chi connectivity index (χ0n) is 10.8. The van der Waals surface area contributed by atoms with E-state index in [1.807, 2.05) is 7.05 Å². The summed E-state index contributed by atoms with van der Waals surface area (Å²) in [5.41, 5.74) is 5.87. The molecule has 1 aromatic rings. The van der Waals surface area contributed by atoms with Crippen molar-refractivity contribution >= 4 is 27.3 Å². The molecule has 1 aromatic carbocycles. The SMILES string of the molecule is CN1CCCC1CNS(=O)(=O)c1ccc(Cl)cc1N. The number of likely N-dealkylation sites (tertiary alicyclic amines) is 1. The van der Waals surface area contributed by atoms with Crippen LogP contribution >= 0.6 is 11.6 Å². The third-order valence-corrected chi connectivity index (χ3v) is 5.17. The summed E-state index contributed by atoms with van der Waals surface area (Å²) in [5.74, 6) is 0. The Labute approximate surface area is 118 Å². The van der Waals surface area contributed by atoms with Gasteiger partial charge in [0.1, 0.15) is 4.90 Å². The second kappa shape index (κ2) is 5.66. The smallest absolute Gasteiger partial charge is 0.242 e. The maximum Gasteiger partial charge on any atom is 0.242 e. The van der Waals surface area contributed by atoms with Gasteiger partial charge in [-0.3, -0.25) is 0 Å². The molecule has 106 valence electrons. The van der Waals surface area contributed by atoms with E-state index in [-0.39, 0.29) is 16.6 Å². The Bertz CT molecular complexity index is 562. The summed E-state index contributed by atoms with van der Waals surface area (Å²) < 4.78 is 27.0. The molecule has 1 saturated heterocycles. The number of nitrogens with zero attached hydrogens (tertiary/aromatic N) is 1. The van der Waals surface area contributed by atoms with E-state index in [0.717, 1.165) is 19.4 Å². The highest BCUT2D eigenvalue weighted by atomic mass is 35.5. The topological polar surface area (TPSA) is 75.4 Å². The summed E-state index contributed by atoms with van der Waals surface area (Å²) in [5, 5.41) is 0.423. The van der Waals surface area contributed by atoms with Gasteiger partial charge in [-0.15, -0.1) is 0 Å². The molecule has 7 heteroatoms. The Morgan fingerprint density at radius 1 is 1.53 bits per heavy atom. The van der Waals surface area contributed by atoms with Gasteiger partial charge in [-0.25, -0.2) is 13.1 Å². The normalized spacial score (nSPS) is 20.8. The lowest BCUT2D eigenvalue weighted by atomic mass is 10.2. The maximum atomic E-state index is 12.2. The molecular weight excluding hydrogens is 286 g/mol. The quantitative estimate of drug-likeness (QED) is 0.822. The first-order valence-electron chi connectivity index (χ1n) is 6.15. The van der Waals surface area contributed by atoms with Crippen molar-refractivity contribution < 1.29 is 8.42 Å². The largest absolute Gasteiger partial charge is 0.398 e. The summed E-state index contributed by atoms with van der Waals surface area (Å²) in [7, 11) is -1.58. The molecule has 0 aromatic heterocycles.